The Balaban J connectivity index is 1.60. The molecule has 0 N–H and O–H groups in total. The van der Waals surface area contributed by atoms with E-state index in [4.69, 9.17) is 0 Å². The SMILES string of the molecule is Cc1ccc([C@H]2C[C@H](C)N(C(=O)CCc3cncn3C)C2)cc1. The van der Waals surface area contributed by atoms with Crippen LogP contribution in [0.3, 0.4) is 0 Å². The smallest absolute Gasteiger partial charge is 0.223 e. The lowest BCUT2D eigenvalue weighted by Gasteiger charge is -2.21. The molecule has 1 amide bonds. The predicted molar refractivity (Wildman–Crippen MR) is 91.2 cm³/mol. The zero-order valence-electron chi connectivity index (χ0n) is 14.2. The molecule has 0 radical (unpaired) electrons. The summed E-state index contributed by atoms with van der Waals surface area (Å²) in [6.07, 6.45) is 6.00. The standard InChI is InChI=1S/C19H25N3O/c1-14-4-6-16(7-5-14)17-10-15(2)22(12-17)19(23)9-8-18-11-20-13-21(18)3/h4-7,11,13,15,17H,8-10,12H2,1-3H3/t15-,17-/m0/s1. The average molecular weight is 311 g/mol. The van der Waals surface area contributed by atoms with Gasteiger partial charge in [0.25, 0.3) is 0 Å². The molecule has 23 heavy (non-hydrogen) atoms. The van der Waals surface area contributed by atoms with Crippen molar-refractivity contribution in [3.63, 3.8) is 0 Å². The van der Waals surface area contributed by atoms with Crippen molar-refractivity contribution in [3.8, 4) is 0 Å². The van der Waals surface area contributed by atoms with Crippen LogP contribution in [0.1, 0.15) is 42.5 Å². The van der Waals surface area contributed by atoms with E-state index in [1.165, 1.54) is 11.1 Å². The minimum absolute atomic E-state index is 0.258. The van der Waals surface area contributed by atoms with Gasteiger partial charge in [-0.15, -0.1) is 0 Å². The summed E-state index contributed by atoms with van der Waals surface area (Å²) in [5, 5.41) is 0. The lowest BCUT2D eigenvalue weighted by molar-refractivity contribution is -0.131. The fourth-order valence-corrected chi connectivity index (χ4v) is 3.46. The first-order valence-corrected chi connectivity index (χ1v) is 8.36. The van der Waals surface area contributed by atoms with Gasteiger partial charge in [0, 0.05) is 43.9 Å². The number of imidazole rings is 1. The van der Waals surface area contributed by atoms with E-state index in [0.717, 1.165) is 25.1 Å². The van der Waals surface area contributed by atoms with Crippen molar-refractivity contribution in [2.75, 3.05) is 6.54 Å². The second kappa shape index (κ2) is 6.57. The predicted octanol–water partition coefficient (Wildman–Crippen LogP) is 3.07. The summed E-state index contributed by atoms with van der Waals surface area (Å²) in [6.45, 7) is 5.11. The Morgan fingerprint density at radius 2 is 2.04 bits per heavy atom. The van der Waals surface area contributed by atoms with Crippen LogP contribution in [0.2, 0.25) is 0 Å². The third kappa shape index (κ3) is 3.46. The number of nitrogens with zero attached hydrogens (tertiary/aromatic N) is 3. The van der Waals surface area contributed by atoms with Crippen molar-refractivity contribution in [1.82, 2.24) is 14.5 Å². The Labute approximate surface area is 138 Å². The highest BCUT2D eigenvalue weighted by Crippen LogP contribution is 2.32. The molecule has 0 saturated carbocycles. The van der Waals surface area contributed by atoms with Gasteiger partial charge < -0.3 is 9.47 Å². The molecule has 1 aromatic carbocycles. The molecule has 2 heterocycles. The quantitative estimate of drug-likeness (QED) is 0.870. The summed E-state index contributed by atoms with van der Waals surface area (Å²) in [5.41, 5.74) is 3.74. The average Bonchev–Trinajstić information content (AvgIpc) is 3.11. The lowest BCUT2D eigenvalue weighted by Crippen LogP contribution is -2.34. The molecule has 1 fully saturated rings. The maximum atomic E-state index is 12.6. The monoisotopic (exact) mass is 311 g/mol. The second-order valence-electron chi connectivity index (χ2n) is 6.73. The van der Waals surface area contributed by atoms with E-state index >= 15 is 0 Å². The molecule has 1 aromatic heterocycles. The molecule has 4 nitrogen and oxygen atoms in total. The van der Waals surface area contributed by atoms with Crippen molar-refractivity contribution < 1.29 is 4.79 Å². The summed E-state index contributed by atoms with van der Waals surface area (Å²) < 4.78 is 1.98. The van der Waals surface area contributed by atoms with Crippen LogP contribution in [0.15, 0.2) is 36.8 Å². The summed E-state index contributed by atoms with van der Waals surface area (Å²) in [7, 11) is 1.97. The second-order valence-corrected chi connectivity index (χ2v) is 6.73. The van der Waals surface area contributed by atoms with Gasteiger partial charge in [-0.25, -0.2) is 4.98 Å². The molecule has 0 unspecified atom stereocenters. The van der Waals surface area contributed by atoms with Crippen molar-refractivity contribution in [2.24, 2.45) is 7.05 Å². The Morgan fingerprint density at radius 1 is 1.30 bits per heavy atom. The molecule has 1 saturated heterocycles. The number of rotatable bonds is 4. The van der Waals surface area contributed by atoms with Gasteiger partial charge in [0.05, 0.1) is 6.33 Å². The Bertz CT molecular complexity index is 674. The van der Waals surface area contributed by atoms with Crippen LogP contribution >= 0.6 is 0 Å². The van der Waals surface area contributed by atoms with E-state index in [1.54, 1.807) is 6.33 Å². The number of carbonyl (C=O) groups excluding carboxylic acids is 1. The molecular formula is C19H25N3O. The molecule has 1 aliphatic rings. The Hall–Kier alpha value is -2.10. The molecule has 0 bridgehead atoms. The number of carbonyl (C=O) groups is 1. The number of likely N-dealkylation sites (tertiary alicyclic amines) is 1. The van der Waals surface area contributed by atoms with Crippen molar-refractivity contribution in [1.29, 1.82) is 0 Å². The minimum atomic E-state index is 0.258. The fourth-order valence-electron chi connectivity index (χ4n) is 3.46. The molecule has 2 aromatic rings. The zero-order chi connectivity index (χ0) is 16.4. The van der Waals surface area contributed by atoms with E-state index in [1.807, 2.05) is 17.8 Å². The number of benzene rings is 1. The maximum absolute atomic E-state index is 12.6. The van der Waals surface area contributed by atoms with Gasteiger partial charge in [0.15, 0.2) is 0 Å². The summed E-state index contributed by atoms with van der Waals surface area (Å²) in [5.74, 6) is 0.722. The van der Waals surface area contributed by atoms with Crippen molar-refractivity contribution >= 4 is 5.91 Å². The lowest BCUT2D eigenvalue weighted by atomic mass is 9.96. The summed E-state index contributed by atoms with van der Waals surface area (Å²) in [6, 6.07) is 9.05. The van der Waals surface area contributed by atoms with E-state index in [2.05, 4.69) is 48.0 Å². The third-order valence-corrected chi connectivity index (χ3v) is 4.96. The summed E-state index contributed by atoms with van der Waals surface area (Å²) >= 11 is 0. The Kier molecular flexibility index (Phi) is 4.51. The molecule has 122 valence electrons. The number of amides is 1. The van der Waals surface area contributed by atoms with E-state index < -0.39 is 0 Å². The molecular weight excluding hydrogens is 286 g/mol. The van der Waals surface area contributed by atoms with Crippen LogP contribution < -0.4 is 0 Å². The van der Waals surface area contributed by atoms with Gasteiger partial charge in [-0.1, -0.05) is 29.8 Å². The minimum Gasteiger partial charge on any atom is -0.339 e. The number of hydrogen-bond donors (Lipinski definition) is 0. The van der Waals surface area contributed by atoms with Crippen LogP contribution in [-0.2, 0) is 18.3 Å². The van der Waals surface area contributed by atoms with Gasteiger partial charge in [-0.2, -0.15) is 0 Å². The normalized spacial score (nSPS) is 20.9. The topological polar surface area (TPSA) is 38.1 Å². The van der Waals surface area contributed by atoms with Crippen molar-refractivity contribution in [3.05, 3.63) is 53.6 Å². The molecule has 1 aliphatic heterocycles. The highest BCUT2D eigenvalue weighted by molar-refractivity contribution is 5.77. The van der Waals surface area contributed by atoms with E-state index in [9.17, 15) is 4.79 Å². The van der Waals surface area contributed by atoms with Crippen LogP contribution in [-0.4, -0.2) is 32.9 Å². The first-order valence-electron chi connectivity index (χ1n) is 8.36. The molecule has 3 rings (SSSR count). The number of aromatic nitrogens is 2. The van der Waals surface area contributed by atoms with Crippen molar-refractivity contribution in [2.45, 2.75) is 45.1 Å². The van der Waals surface area contributed by atoms with E-state index in [-0.39, 0.29) is 5.91 Å². The molecule has 2 atom stereocenters. The van der Waals surface area contributed by atoms with Crippen LogP contribution in [0.4, 0.5) is 0 Å². The van der Waals surface area contributed by atoms with Gasteiger partial charge in [-0.3, -0.25) is 4.79 Å². The molecule has 0 spiro atoms. The van der Waals surface area contributed by atoms with Crippen LogP contribution in [0, 0.1) is 6.92 Å². The largest absolute Gasteiger partial charge is 0.339 e. The van der Waals surface area contributed by atoms with E-state index in [0.29, 0.717) is 18.4 Å². The molecule has 4 heteroatoms. The highest BCUT2D eigenvalue weighted by Gasteiger charge is 2.32. The first kappa shape index (κ1) is 15.8. The van der Waals surface area contributed by atoms with Gasteiger partial charge >= 0.3 is 0 Å². The van der Waals surface area contributed by atoms with Crippen LogP contribution in [0.25, 0.3) is 0 Å². The van der Waals surface area contributed by atoms with Gasteiger partial charge in [0.1, 0.15) is 0 Å². The Morgan fingerprint density at radius 3 is 2.70 bits per heavy atom. The number of aryl methyl sites for hydroxylation is 3. The highest BCUT2D eigenvalue weighted by atomic mass is 16.2. The number of hydrogen-bond acceptors (Lipinski definition) is 2. The summed E-state index contributed by atoms with van der Waals surface area (Å²) in [4.78, 5) is 18.8. The fraction of sp³-hybridized carbons (Fsp3) is 0.474. The third-order valence-electron chi connectivity index (χ3n) is 4.96. The van der Waals surface area contributed by atoms with Gasteiger partial charge in [0.2, 0.25) is 5.91 Å². The maximum Gasteiger partial charge on any atom is 0.223 e. The van der Waals surface area contributed by atoms with Crippen LogP contribution in [0.5, 0.6) is 0 Å². The zero-order valence-corrected chi connectivity index (χ0v) is 14.2. The first-order chi connectivity index (χ1) is 11.0. The van der Waals surface area contributed by atoms with Gasteiger partial charge in [-0.05, 0) is 32.3 Å². The molecule has 0 aliphatic carbocycles.